The summed E-state index contributed by atoms with van der Waals surface area (Å²) < 4.78 is 33.6. The highest BCUT2D eigenvalue weighted by Crippen LogP contribution is 2.48. The van der Waals surface area contributed by atoms with Gasteiger partial charge in [-0.2, -0.15) is 0 Å². The highest BCUT2D eigenvalue weighted by Gasteiger charge is 2.46. The molecule has 0 bridgehead atoms. The molecule has 1 aliphatic carbocycles. The van der Waals surface area contributed by atoms with Gasteiger partial charge >= 0.3 is 6.09 Å². The SMILES string of the molecule is CC(C)(C)Cc1cnc2c(c1)[C@@H](NC[C@H](O)[C@H](Cc1cc(F)cc(F)c1)NC(=O)O)CC1(CCC1)O2. The van der Waals surface area contributed by atoms with Crippen LogP contribution in [0.15, 0.2) is 30.5 Å². The summed E-state index contributed by atoms with van der Waals surface area (Å²) in [5, 5.41) is 25.9. The summed E-state index contributed by atoms with van der Waals surface area (Å²) in [5.74, 6) is -0.911. The van der Waals surface area contributed by atoms with Crippen LogP contribution >= 0.6 is 0 Å². The molecule has 36 heavy (non-hydrogen) atoms. The van der Waals surface area contributed by atoms with Crippen LogP contribution in [-0.4, -0.2) is 45.6 Å². The minimum Gasteiger partial charge on any atom is -0.471 e. The fourth-order valence-electron chi connectivity index (χ4n) is 5.18. The first-order valence-corrected chi connectivity index (χ1v) is 12.5. The van der Waals surface area contributed by atoms with Crippen molar-refractivity contribution < 1.29 is 28.5 Å². The van der Waals surface area contributed by atoms with Crippen molar-refractivity contribution in [1.82, 2.24) is 15.6 Å². The average molecular weight is 504 g/mol. The van der Waals surface area contributed by atoms with Gasteiger partial charge in [0.2, 0.25) is 5.88 Å². The van der Waals surface area contributed by atoms with E-state index in [1.54, 1.807) is 0 Å². The van der Waals surface area contributed by atoms with Crippen LogP contribution in [0, 0.1) is 17.0 Å². The van der Waals surface area contributed by atoms with Gasteiger partial charge in [0.25, 0.3) is 0 Å². The molecule has 4 N–H and O–H groups in total. The fraction of sp³-hybridized carbons (Fsp3) is 0.556. The minimum absolute atomic E-state index is 0.0601. The van der Waals surface area contributed by atoms with Crippen LogP contribution in [0.5, 0.6) is 5.88 Å². The second-order valence-electron chi connectivity index (χ2n) is 11.4. The number of aromatic nitrogens is 1. The van der Waals surface area contributed by atoms with Gasteiger partial charge < -0.3 is 25.6 Å². The number of nitrogens with one attached hydrogen (secondary N) is 2. The fourth-order valence-corrected chi connectivity index (χ4v) is 5.18. The standard InChI is InChI=1S/C27H35F2N3O4/c1-26(2,3)12-17-9-20-22(13-27(5-4-6-27)36-24(20)31-14-17)30-15-23(33)21(32-25(34)35)10-16-7-18(28)11-19(29)8-16/h7-9,11,14,21-23,30,32-33H,4-6,10,12-13,15H2,1-3H3,(H,34,35)/t21-,22-,23-/m0/s1. The molecular formula is C27H35F2N3O4. The van der Waals surface area contributed by atoms with Crippen molar-refractivity contribution in [3.05, 3.63) is 58.8 Å². The van der Waals surface area contributed by atoms with Gasteiger partial charge in [-0.3, -0.25) is 0 Å². The molecule has 4 rings (SSSR count). The molecule has 1 aliphatic heterocycles. The average Bonchev–Trinajstić information content (AvgIpc) is 2.73. The quantitative estimate of drug-likeness (QED) is 0.422. The lowest BCUT2D eigenvalue weighted by molar-refractivity contribution is -0.0421. The normalized spacial score (nSPS) is 20.1. The summed E-state index contributed by atoms with van der Waals surface area (Å²) in [6, 6.07) is 4.04. The minimum atomic E-state index is -1.32. The van der Waals surface area contributed by atoms with Crippen molar-refractivity contribution in [2.75, 3.05) is 6.54 Å². The van der Waals surface area contributed by atoms with E-state index in [1.165, 1.54) is 0 Å². The number of hydrogen-bond donors (Lipinski definition) is 4. The number of carbonyl (C=O) groups is 1. The molecule has 1 amide bonds. The van der Waals surface area contributed by atoms with Gasteiger partial charge in [-0.05, 0) is 66.8 Å². The van der Waals surface area contributed by atoms with E-state index in [4.69, 9.17) is 4.74 Å². The Labute approximate surface area is 210 Å². The molecule has 7 nitrogen and oxygen atoms in total. The highest BCUT2D eigenvalue weighted by molar-refractivity contribution is 5.65. The topological polar surface area (TPSA) is 104 Å². The molecule has 0 radical (unpaired) electrons. The molecular weight excluding hydrogens is 468 g/mol. The number of halogens is 2. The number of nitrogens with zero attached hydrogens (tertiary/aromatic N) is 1. The molecule has 9 heteroatoms. The van der Waals surface area contributed by atoms with Crippen molar-refractivity contribution in [3.8, 4) is 5.88 Å². The molecule has 0 unspecified atom stereocenters. The smallest absolute Gasteiger partial charge is 0.404 e. The van der Waals surface area contributed by atoms with Crippen molar-refractivity contribution in [2.24, 2.45) is 5.41 Å². The van der Waals surface area contributed by atoms with Crippen LogP contribution in [0.1, 0.15) is 69.2 Å². The number of fused-ring (bicyclic) bond motifs is 1. The Morgan fingerprint density at radius 2 is 1.89 bits per heavy atom. The van der Waals surface area contributed by atoms with Gasteiger partial charge in [-0.1, -0.05) is 20.8 Å². The van der Waals surface area contributed by atoms with Crippen LogP contribution in [0.2, 0.25) is 0 Å². The van der Waals surface area contributed by atoms with E-state index in [1.807, 2.05) is 6.20 Å². The summed E-state index contributed by atoms with van der Waals surface area (Å²) in [5.41, 5.74) is 2.10. The second kappa shape index (κ2) is 10.3. The van der Waals surface area contributed by atoms with Crippen molar-refractivity contribution in [2.45, 2.75) is 83.1 Å². The zero-order chi connectivity index (χ0) is 26.1. The van der Waals surface area contributed by atoms with E-state index in [9.17, 15) is 23.8 Å². The van der Waals surface area contributed by atoms with Gasteiger partial charge in [-0.25, -0.2) is 18.6 Å². The lowest BCUT2D eigenvalue weighted by Gasteiger charge is -2.47. The predicted octanol–water partition coefficient (Wildman–Crippen LogP) is 4.52. The zero-order valence-electron chi connectivity index (χ0n) is 21.0. The van der Waals surface area contributed by atoms with Crippen LogP contribution in [0.4, 0.5) is 13.6 Å². The van der Waals surface area contributed by atoms with Gasteiger partial charge in [0.05, 0.1) is 12.1 Å². The largest absolute Gasteiger partial charge is 0.471 e. The van der Waals surface area contributed by atoms with Gasteiger partial charge in [0.15, 0.2) is 0 Å². The third-order valence-electron chi connectivity index (χ3n) is 6.92. The third-order valence-corrected chi connectivity index (χ3v) is 6.92. The maximum Gasteiger partial charge on any atom is 0.404 e. The van der Waals surface area contributed by atoms with Crippen LogP contribution in [-0.2, 0) is 12.8 Å². The highest BCUT2D eigenvalue weighted by atomic mass is 19.1. The van der Waals surface area contributed by atoms with Crippen molar-refractivity contribution in [3.63, 3.8) is 0 Å². The van der Waals surface area contributed by atoms with E-state index in [0.717, 1.165) is 61.4 Å². The third kappa shape index (κ3) is 6.50. The van der Waals surface area contributed by atoms with Crippen molar-refractivity contribution in [1.29, 1.82) is 0 Å². The van der Waals surface area contributed by atoms with Crippen molar-refractivity contribution >= 4 is 6.09 Å². The van der Waals surface area contributed by atoms with Gasteiger partial charge in [0, 0.05) is 36.8 Å². The summed E-state index contributed by atoms with van der Waals surface area (Å²) in [6.45, 7) is 6.57. The van der Waals surface area contributed by atoms with Gasteiger partial charge in [-0.15, -0.1) is 0 Å². The first-order valence-electron chi connectivity index (χ1n) is 12.5. The Morgan fingerprint density at radius 3 is 2.47 bits per heavy atom. The molecule has 1 saturated carbocycles. The lowest BCUT2D eigenvalue weighted by Crippen LogP contribution is -2.52. The molecule has 2 aromatic rings. The summed E-state index contributed by atoms with van der Waals surface area (Å²) in [4.78, 5) is 16.0. The number of amides is 1. The number of aliphatic hydroxyl groups excluding tert-OH is 1. The van der Waals surface area contributed by atoms with E-state index >= 15 is 0 Å². The number of pyridine rings is 1. The number of hydrogen-bond acceptors (Lipinski definition) is 5. The molecule has 1 spiro atoms. The molecule has 3 atom stereocenters. The Morgan fingerprint density at radius 1 is 1.19 bits per heavy atom. The van der Waals surface area contributed by atoms with Gasteiger partial charge in [0.1, 0.15) is 17.2 Å². The number of carboxylic acid groups (broad SMARTS) is 1. The Bertz CT molecular complexity index is 1080. The van der Waals surface area contributed by atoms with Crippen LogP contribution in [0.3, 0.4) is 0 Å². The van der Waals surface area contributed by atoms with Crippen LogP contribution in [0.25, 0.3) is 0 Å². The Hall–Kier alpha value is -2.78. The molecule has 1 fully saturated rings. The zero-order valence-corrected chi connectivity index (χ0v) is 21.0. The molecule has 0 saturated heterocycles. The monoisotopic (exact) mass is 503 g/mol. The van der Waals surface area contributed by atoms with E-state index in [0.29, 0.717) is 5.88 Å². The number of ether oxygens (including phenoxy) is 1. The number of benzene rings is 1. The molecule has 196 valence electrons. The summed E-state index contributed by atoms with van der Waals surface area (Å²) >= 11 is 0. The molecule has 1 aromatic carbocycles. The Kier molecular flexibility index (Phi) is 7.52. The summed E-state index contributed by atoms with van der Waals surface area (Å²) in [7, 11) is 0. The summed E-state index contributed by atoms with van der Waals surface area (Å²) in [6.07, 6.45) is 3.87. The van der Waals surface area contributed by atoms with E-state index in [-0.39, 0.29) is 35.6 Å². The first kappa shape index (κ1) is 26.3. The first-order chi connectivity index (χ1) is 16.9. The van der Waals surface area contributed by atoms with Crippen LogP contribution < -0.4 is 15.4 Å². The second-order valence-corrected chi connectivity index (χ2v) is 11.4. The molecule has 2 aliphatic rings. The molecule has 1 aromatic heterocycles. The predicted molar refractivity (Wildman–Crippen MR) is 131 cm³/mol. The Balaban J connectivity index is 1.51. The van der Waals surface area contributed by atoms with E-state index in [2.05, 4.69) is 42.5 Å². The van der Waals surface area contributed by atoms with E-state index < -0.39 is 29.9 Å². The number of rotatable bonds is 8. The maximum absolute atomic E-state index is 13.7. The lowest BCUT2D eigenvalue weighted by atomic mass is 9.73. The maximum atomic E-state index is 13.7. The molecule has 2 heterocycles. The number of aliphatic hydroxyl groups is 1.